The molecule has 2 aromatic carbocycles. The van der Waals surface area contributed by atoms with Gasteiger partial charge in [-0.3, -0.25) is 9.69 Å². The van der Waals surface area contributed by atoms with Crippen molar-refractivity contribution in [1.82, 2.24) is 20.4 Å². The van der Waals surface area contributed by atoms with Crippen molar-refractivity contribution in [3.8, 4) is 0 Å². The summed E-state index contributed by atoms with van der Waals surface area (Å²) in [7, 11) is 2.48. The van der Waals surface area contributed by atoms with Gasteiger partial charge >= 0.3 is 18.0 Å². The fraction of sp³-hybridized carbons (Fsp3) is 0.394. The van der Waals surface area contributed by atoms with E-state index in [0.717, 1.165) is 48.4 Å². The van der Waals surface area contributed by atoms with Crippen LogP contribution in [0.25, 0.3) is 5.57 Å². The normalized spacial score (nSPS) is 17.0. The summed E-state index contributed by atoms with van der Waals surface area (Å²) in [5, 5.41) is 8.14. The van der Waals surface area contributed by atoms with E-state index in [4.69, 9.17) is 9.47 Å². The van der Waals surface area contributed by atoms with Crippen molar-refractivity contribution in [2.24, 2.45) is 5.92 Å². The topological polar surface area (TPSA) is 129 Å². The Balaban J connectivity index is 1.39. The van der Waals surface area contributed by atoms with Crippen molar-refractivity contribution in [1.29, 1.82) is 0 Å². The number of halogens is 2. The zero-order valence-corrected chi connectivity index (χ0v) is 26.3. The summed E-state index contributed by atoms with van der Waals surface area (Å²) in [6, 6.07) is 7.58. The van der Waals surface area contributed by atoms with Gasteiger partial charge in [0.1, 0.15) is 6.04 Å². The number of nitrogens with one attached hydrogen (secondary N) is 3. The molecule has 0 aliphatic carbocycles. The fourth-order valence-corrected chi connectivity index (χ4v) is 5.32. The molecule has 0 saturated heterocycles. The number of rotatable bonds is 11. The molecule has 0 unspecified atom stereocenters. The Labute approximate surface area is 266 Å². The van der Waals surface area contributed by atoms with Crippen LogP contribution in [-0.4, -0.2) is 80.7 Å². The number of nitrogens with zero attached hydrogens (tertiary/aromatic N) is 2. The summed E-state index contributed by atoms with van der Waals surface area (Å²) in [5.41, 5.74) is 2.90. The predicted molar refractivity (Wildman–Crippen MR) is 167 cm³/mol. The summed E-state index contributed by atoms with van der Waals surface area (Å²) < 4.78 is 38.1. The Hall–Kier alpha value is -4.62. The quantitative estimate of drug-likeness (QED) is 0.242. The zero-order chi connectivity index (χ0) is 33.4. The first-order chi connectivity index (χ1) is 22.0. The second-order valence-electron chi connectivity index (χ2n) is 11.3. The van der Waals surface area contributed by atoms with Crippen LogP contribution < -0.4 is 16.0 Å². The second kappa shape index (κ2) is 15.6. The molecule has 246 valence electrons. The average Bonchev–Trinajstić information content (AvgIpc) is 3.04. The third-order valence-electron chi connectivity index (χ3n) is 7.75. The largest absolute Gasteiger partial charge is 0.466 e. The average molecular weight is 640 g/mol. The van der Waals surface area contributed by atoms with Crippen LogP contribution in [-0.2, 0) is 19.1 Å². The molecular weight excluding hydrogens is 600 g/mol. The maximum atomic E-state index is 14.3. The molecule has 2 aliphatic heterocycles. The Kier molecular flexibility index (Phi) is 11.6. The molecule has 0 spiro atoms. The monoisotopic (exact) mass is 639 g/mol. The number of imide groups is 1. The summed E-state index contributed by atoms with van der Waals surface area (Å²) in [4.78, 5) is 54.5. The molecule has 13 heteroatoms. The van der Waals surface area contributed by atoms with Gasteiger partial charge in [0, 0.05) is 44.9 Å². The van der Waals surface area contributed by atoms with Gasteiger partial charge in [-0.1, -0.05) is 38.1 Å². The van der Waals surface area contributed by atoms with E-state index in [1.807, 2.05) is 38.1 Å². The minimum Gasteiger partial charge on any atom is -0.466 e. The van der Waals surface area contributed by atoms with Gasteiger partial charge in [0.05, 0.1) is 25.0 Å². The molecular formula is C33H39F2N5O6. The number of anilines is 1. The van der Waals surface area contributed by atoms with Crippen LogP contribution in [0, 0.1) is 17.6 Å². The third kappa shape index (κ3) is 8.15. The molecule has 2 heterocycles. The van der Waals surface area contributed by atoms with Gasteiger partial charge in [0.25, 0.3) is 0 Å². The standard InChI is InChI=1S/C33H39F2N5O6/c1-20(2)30(41)37-24-8-5-7-22(17-24)21-11-15-39(16-12-21)14-6-13-36-32(43)40-29(23-9-10-25(34)26(35)18-23)28(31(42)46-4)27(19-45-3)38-33(40)44/h5,7-11,17-18,20,29H,6,12-16,19H2,1-4H3,(H,36,43)(H,37,41)(H,38,44)/t29-/m0/s1. The highest BCUT2D eigenvalue weighted by Gasteiger charge is 2.43. The van der Waals surface area contributed by atoms with E-state index in [1.54, 1.807) is 0 Å². The molecule has 0 radical (unpaired) electrons. The van der Waals surface area contributed by atoms with E-state index in [9.17, 15) is 28.0 Å². The number of amides is 5. The molecule has 2 aliphatic rings. The van der Waals surface area contributed by atoms with Crippen molar-refractivity contribution in [3.05, 3.63) is 82.6 Å². The Bertz CT molecular complexity index is 1540. The lowest BCUT2D eigenvalue weighted by Gasteiger charge is -2.36. The number of ether oxygens (including phenoxy) is 2. The first-order valence-corrected chi connectivity index (χ1v) is 15.0. The van der Waals surface area contributed by atoms with Crippen molar-refractivity contribution < 1.29 is 37.4 Å². The van der Waals surface area contributed by atoms with Crippen molar-refractivity contribution >= 4 is 35.2 Å². The number of hydrogen-bond acceptors (Lipinski definition) is 7. The molecule has 3 N–H and O–H groups in total. The van der Waals surface area contributed by atoms with Gasteiger partial charge in [0.2, 0.25) is 5.91 Å². The molecule has 46 heavy (non-hydrogen) atoms. The number of hydrogen-bond donors (Lipinski definition) is 3. The summed E-state index contributed by atoms with van der Waals surface area (Å²) in [6.07, 6.45) is 3.52. The number of carbonyl (C=O) groups is 4. The first-order valence-electron chi connectivity index (χ1n) is 15.0. The van der Waals surface area contributed by atoms with E-state index in [2.05, 4.69) is 26.9 Å². The number of esters is 1. The lowest BCUT2D eigenvalue weighted by atomic mass is 9.93. The van der Waals surface area contributed by atoms with Crippen LogP contribution in [0.15, 0.2) is 59.8 Å². The van der Waals surface area contributed by atoms with Crippen LogP contribution in [0.1, 0.15) is 43.9 Å². The first kappa shape index (κ1) is 34.3. The van der Waals surface area contributed by atoms with Crippen LogP contribution >= 0.6 is 0 Å². The highest BCUT2D eigenvalue weighted by Crippen LogP contribution is 2.35. The molecule has 2 aromatic rings. The van der Waals surface area contributed by atoms with Crippen molar-refractivity contribution in [2.45, 2.75) is 32.7 Å². The third-order valence-corrected chi connectivity index (χ3v) is 7.75. The Morgan fingerprint density at radius 2 is 1.87 bits per heavy atom. The number of urea groups is 2. The van der Waals surface area contributed by atoms with Gasteiger partial charge in [-0.15, -0.1) is 0 Å². The van der Waals surface area contributed by atoms with E-state index >= 15 is 0 Å². The van der Waals surface area contributed by atoms with Gasteiger partial charge in [0.15, 0.2) is 11.6 Å². The molecule has 11 nitrogen and oxygen atoms in total. The SMILES string of the molecule is COCC1=C(C(=O)OC)[C@H](c2ccc(F)c(F)c2)N(C(=O)NCCCN2CC=C(c3cccc(NC(=O)C(C)C)c3)CC2)C(=O)N1. The molecule has 0 saturated carbocycles. The van der Waals surface area contributed by atoms with Crippen LogP contribution in [0.4, 0.5) is 24.1 Å². The number of benzene rings is 2. The fourth-order valence-electron chi connectivity index (χ4n) is 5.32. The van der Waals surface area contributed by atoms with Gasteiger partial charge < -0.3 is 25.4 Å². The van der Waals surface area contributed by atoms with Crippen molar-refractivity contribution in [2.75, 3.05) is 52.3 Å². The number of methoxy groups -OCH3 is 2. The van der Waals surface area contributed by atoms with E-state index in [0.29, 0.717) is 19.5 Å². The molecule has 0 aromatic heterocycles. The Morgan fingerprint density at radius 1 is 1.09 bits per heavy atom. The lowest BCUT2D eigenvalue weighted by Crippen LogP contribution is -2.55. The summed E-state index contributed by atoms with van der Waals surface area (Å²) in [6.45, 7) is 5.87. The van der Waals surface area contributed by atoms with Crippen molar-refractivity contribution in [3.63, 3.8) is 0 Å². The molecule has 0 bridgehead atoms. The Morgan fingerprint density at radius 3 is 2.52 bits per heavy atom. The van der Waals surface area contributed by atoms with E-state index < -0.39 is 35.7 Å². The van der Waals surface area contributed by atoms with Crippen LogP contribution in [0.5, 0.6) is 0 Å². The predicted octanol–water partition coefficient (Wildman–Crippen LogP) is 4.59. The zero-order valence-electron chi connectivity index (χ0n) is 26.3. The second-order valence-corrected chi connectivity index (χ2v) is 11.3. The van der Waals surface area contributed by atoms with E-state index in [1.165, 1.54) is 18.7 Å². The minimum atomic E-state index is -1.40. The minimum absolute atomic E-state index is 0.00153. The highest BCUT2D eigenvalue weighted by atomic mass is 19.2. The summed E-state index contributed by atoms with van der Waals surface area (Å²) >= 11 is 0. The molecule has 5 amide bonds. The summed E-state index contributed by atoms with van der Waals surface area (Å²) in [5.74, 6) is -3.35. The van der Waals surface area contributed by atoms with Gasteiger partial charge in [-0.25, -0.2) is 28.1 Å². The molecule has 4 rings (SSSR count). The number of carbonyl (C=O) groups excluding carboxylic acids is 4. The smallest absolute Gasteiger partial charge is 0.338 e. The van der Waals surface area contributed by atoms with Gasteiger partial charge in [-0.05, 0) is 53.8 Å². The lowest BCUT2D eigenvalue weighted by molar-refractivity contribution is -0.137. The van der Waals surface area contributed by atoms with E-state index in [-0.39, 0.29) is 41.8 Å². The maximum absolute atomic E-state index is 14.3. The molecule has 0 fully saturated rings. The van der Waals surface area contributed by atoms with Gasteiger partial charge in [-0.2, -0.15) is 0 Å². The van der Waals surface area contributed by atoms with Crippen LogP contribution in [0.3, 0.4) is 0 Å². The highest BCUT2D eigenvalue weighted by molar-refractivity contribution is 6.01. The van der Waals surface area contributed by atoms with Crippen LogP contribution in [0.2, 0.25) is 0 Å². The molecule has 1 atom stereocenters. The maximum Gasteiger partial charge on any atom is 0.338 e.